The predicted octanol–water partition coefficient (Wildman–Crippen LogP) is 7.74. The highest BCUT2D eigenvalue weighted by molar-refractivity contribution is 5.84. The molecule has 5 nitrogen and oxygen atoms in total. The maximum absolute atomic E-state index is 13.5. The summed E-state index contributed by atoms with van der Waals surface area (Å²) in [5.41, 5.74) is 3.11. The number of hydrogen-bond donors (Lipinski definition) is 1. The molecule has 38 heavy (non-hydrogen) atoms. The number of nitrogens with zero attached hydrogens (tertiary/aromatic N) is 3. The van der Waals surface area contributed by atoms with Crippen LogP contribution in [0.2, 0.25) is 0 Å². The third-order valence-corrected chi connectivity index (χ3v) is 6.08. The van der Waals surface area contributed by atoms with Gasteiger partial charge in [0.2, 0.25) is 0 Å². The average molecular weight is 550 g/mol. The Morgan fingerprint density at radius 3 is 1.84 bits per heavy atom. The van der Waals surface area contributed by atoms with Gasteiger partial charge < -0.3 is 5.32 Å². The maximum Gasteiger partial charge on any atom is 0.460 e. The molecule has 0 aromatic heterocycles. The Kier molecular flexibility index (Phi) is 10.4. The van der Waals surface area contributed by atoms with Crippen molar-refractivity contribution in [2.75, 3.05) is 27.2 Å². The monoisotopic (exact) mass is 549 g/mol. The lowest BCUT2D eigenvalue weighted by atomic mass is 10.1. The molecule has 0 aliphatic rings. The fourth-order valence-corrected chi connectivity index (χ4v) is 3.53. The first-order chi connectivity index (χ1) is 17.6. The van der Waals surface area contributed by atoms with E-state index >= 15 is 0 Å². The van der Waals surface area contributed by atoms with Crippen molar-refractivity contribution in [2.24, 2.45) is 10.2 Å². The van der Waals surface area contributed by atoms with E-state index in [9.17, 15) is 35.5 Å². The van der Waals surface area contributed by atoms with Crippen molar-refractivity contribution in [2.45, 2.75) is 57.0 Å². The van der Waals surface area contributed by atoms with Crippen LogP contribution in [0.1, 0.15) is 38.2 Å². The summed E-state index contributed by atoms with van der Waals surface area (Å²) >= 11 is 0. The zero-order valence-electron chi connectivity index (χ0n) is 21.5. The first-order valence-electron chi connectivity index (χ1n) is 12.2. The molecule has 0 bridgehead atoms. The predicted molar refractivity (Wildman–Crippen MR) is 132 cm³/mol. The Bertz CT molecular complexity index is 1070. The number of azo groups is 1. The largest absolute Gasteiger partial charge is 0.460 e. The second-order valence-corrected chi connectivity index (χ2v) is 9.50. The Labute approximate surface area is 217 Å². The standard InChI is InChI=1S/C26H31F7N4O/c1-4-5-6-7-8-19-9-11-20(12-10-19)35-36-21-13-15-22(16-14-21)37(2,3)18-17-34-23(38)24(27,28)25(29,30)26(31,32)33/h9-16H,4-8,17-18H2,1-3H3/p+1. The Morgan fingerprint density at radius 1 is 0.816 bits per heavy atom. The summed E-state index contributed by atoms with van der Waals surface area (Å²) in [7, 11) is 3.30. The number of amides is 1. The molecule has 210 valence electrons. The van der Waals surface area contributed by atoms with Gasteiger partial charge in [0.05, 0.1) is 32.0 Å². The number of nitrogens with one attached hydrogen (secondary N) is 1. The zero-order valence-corrected chi connectivity index (χ0v) is 21.5. The molecular weight excluding hydrogens is 517 g/mol. The zero-order chi connectivity index (χ0) is 28.6. The fraction of sp³-hybridized carbons (Fsp3) is 0.500. The van der Waals surface area contributed by atoms with Crippen LogP contribution in [0.3, 0.4) is 0 Å². The van der Waals surface area contributed by atoms with E-state index < -0.39 is 30.5 Å². The Hall–Kier alpha value is -3.02. The summed E-state index contributed by atoms with van der Waals surface area (Å²) in [6.45, 7) is 1.54. The molecule has 2 aromatic carbocycles. The van der Waals surface area contributed by atoms with Gasteiger partial charge in [-0.1, -0.05) is 38.3 Å². The van der Waals surface area contributed by atoms with Crippen LogP contribution in [-0.4, -0.2) is 51.1 Å². The van der Waals surface area contributed by atoms with Crippen molar-refractivity contribution >= 4 is 23.0 Å². The highest BCUT2D eigenvalue weighted by Crippen LogP contribution is 2.46. The number of alkyl halides is 7. The molecule has 0 atom stereocenters. The van der Waals surface area contributed by atoms with Crippen LogP contribution < -0.4 is 9.80 Å². The molecule has 0 fully saturated rings. The van der Waals surface area contributed by atoms with E-state index in [1.807, 2.05) is 24.3 Å². The van der Waals surface area contributed by atoms with Gasteiger partial charge >= 0.3 is 18.0 Å². The fourth-order valence-electron chi connectivity index (χ4n) is 3.53. The third kappa shape index (κ3) is 7.99. The molecule has 1 N–H and O–H groups in total. The van der Waals surface area contributed by atoms with Gasteiger partial charge in [-0.2, -0.15) is 41.0 Å². The van der Waals surface area contributed by atoms with E-state index in [0.29, 0.717) is 17.1 Å². The summed E-state index contributed by atoms with van der Waals surface area (Å²) in [5.74, 6) is -15.1. The first kappa shape index (κ1) is 31.2. The Balaban J connectivity index is 1.92. The van der Waals surface area contributed by atoms with Crippen LogP contribution in [0.25, 0.3) is 0 Å². The number of carbonyl (C=O) groups excluding carboxylic acids is 1. The van der Waals surface area contributed by atoms with Gasteiger partial charge in [-0.15, -0.1) is 0 Å². The van der Waals surface area contributed by atoms with Crippen molar-refractivity contribution in [3.05, 3.63) is 54.1 Å². The lowest BCUT2D eigenvalue weighted by Crippen LogP contribution is -2.60. The van der Waals surface area contributed by atoms with Crippen LogP contribution in [0.4, 0.5) is 47.8 Å². The molecule has 0 heterocycles. The quantitative estimate of drug-likeness (QED) is 0.118. The number of aryl methyl sites for hydroxylation is 1. The van der Waals surface area contributed by atoms with Crippen molar-refractivity contribution < 1.29 is 35.5 Å². The summed E-state index contributed by atoms with van der Waals surface area (Å²) in [4.78, 5) is 11.4. The van der Waals surface area contributed by atoms with E-state index in [0.717, 1.165) is 12.8 Å². The number of likely N-dealkylation sites (N-methyl/N-ethyl adjacent to an activating group) is 1. The van der Waals surface area contributed by atoms with Gasteiger partial charge in [-0.25, -0.2) is 0 Å². The molecule has 0 aliphatic carbocycles. The number of quaternary nitrogens is 1. The van der Waals surface area contributed by atoms with E-state index in [4.69, 9.17) is 0 Å². The normalized spacial score (nSPS) is 13.2. The van der Waals surface area contributed by atoms with Crippen LogP contribution in [0.15, 0.2) is 58.8 Å². The molecule has 0 spiro atoms. The van der Waals surface area contributed by atoms with E-state index in [1.165, 1.54) is 30.1 Å². The lowest BCUT2D eigenvalue weighted by Gasteiger charge is -2.30. The maximum atomic E-state index is 13.5. The van der Waals surface area contributed by atoms with Crippen molar-refractivity contribution in [3.8, 4) is 0 Å². The molecule has 1 amide bonds. The molecule has 0 radical (unpaired) electrons. The molecule has 0 unspecified atom stereocenters. The topological polar surface area (TPSA) is 53.8 Å². The summed E-state index contributed by atoms with van der Waals surface area (Å²) in [6.07, 6.45) is -0.797. The van der Waals surface area contributed by atoms with E-state index in [1.54, 1.807) is 38.4 Å². The van der Waals surface area contributed by atoms with E-state index in [-0.39, 0.29) is 11.0 Å². The molecule has 2 rings (SSSR count). The Morgan fingerprint density at radius 2 is 1.34 bits per heavy atom. The second kappa shape index (κ2) is 12.7. The number of benzene rings is 2. The van der Waals surface area contributed by atoms with Crippen LogP contribution in [0, 0.1) is 0 Å². The number of halogens is 7. The SMILES string of the molecule is CCCCCCc1ccc(N=Nc2ccc([N+](C)(C)CCNC(=O)C(F)(F)C(F)(F)C(F)(F)F)cc2)cc1. The van der Waals surface area contributed by atoms with Gasteiger partial charge in [0.1, 0.15) is 12.2 Å². The number of hydrogen-bond acceptors (Lipinski definition) is 3. The third-order valence-electron chi connectivity index (χ3n) is 6.08. The second-order valence-electron chi connectivity index (χ2n) is 9.50. The van der Waals surface area contributed by atoms with Gasteiger partial charge in [0.15, 0.2) is 0 Å². The van der Waals surface area contributed by atoms with Crippen molar-refractivity contribution in [3.63, 3.8) is 0 Å². The van der Waals surface area contributed by atoms with Gasteiger partial charge in [0, 0.05) is 12.1 Å². The highest BCUT2D eigenvalue weighted by atomic mass is 19.4. The lowest BCUT2D eigenvalue weighted by molar-refractivity contribution is -0.344. The number of carbonyl (C=O) groups is 1. The van der Waals surface area contributed by atoms with Gasteiger partial charge in [-0.3, -0.25) is 9.28 Å². The molecular formula is C26H32F7N4O+. The smallest absolute Gasteiger partial charge is 0.345 e. The van der Waals surface area contributed by atoms with Crippen LogP contribution >= 0.6 is 0 Å². The molecule has 2 aromatic rings. The molecule has 0 saturated heterocycles. The van der Waals surface area contributed by atoms with Crippen LogP contribution in [0.5, 0.6) is 0 Å². The molecule has 0 saturated carbocycles. The minimum atomic E-state index is -6.57. The van der Waals surface area contributed by atoms with Crippen LogP contribution in [-0.2, 0) is 11.2 Å². The highest BCUT2D eigenvalue weighted by Gasteiger charge is 2.76. The number of rotatable bonds is 13. The van der Waals surface area contributed by atoms with Crippen molar-refractivity contribution in [1.82, 2.24) is 9.80 Å². The average Bonchev–Trinajstić information content (AvgIpc) is 2.85. The molecule has 0 aliphatic heterocycles. The summed E-state index contributed by atoms with van der Waals surface area (Å²) < 4.78 is 89.8. The molecule has 12 heteroatoms. The minimum absolute atomic E-state index is 0.0126. The van der Waals surface area contributed by atoms with Gasteiger partial charge in [0.25, 0.3) is 5.91 Å². The summed E-state index contributed by atoms with van der Waals surface area (Å²) in [6, 6.07) is 14.5. The van der Waals surface area contributed by atoms with E-state index in [2.05, 4.69) is 17.2 Å². The summed E-state index contributed by atoms with van der Waals surface area (Å²) in [5, 5.41) is 9.87. The first-order valence-corrected chi connectivity index (χ1v) is 12.2. The minimum Gasteiger partial charge on any atom is -0.345 e. The number of unbranched alkanes of at least 4 members (excludes halogenated alkanes) is 3. The van der Waals surface area contributed by atoms with Crippen molar-refractivity contribution in [1.29, 1.82) is 0 Å². The van der Waals surface area contributed by atoms with Gasteiger partial charge in [-0.05, 0) is 42.7 Å².